The van der Waals surface area contributed by atoms with Crippen LogP contribution in [0.1, 0.15) is 31.9 Å². The number of anilines is 1. The van der Waals surface area contributed by atoms with Gasteiger partial charge in [0.2, 0.25) is 0 Å². The fraction of sp³-hybridized carbons (Fsp3) is 0.571. The van der Waals surface area contributed by atoms with Crippen LogP contribution in [-0.4, -0.2) is 28.6 Å². The second-order valence-electron chi connectivity index (χ2n) is 5.51. The van der Waals surface area contributed by atoms with Crippen LogP contribution in [0.25, 0.3) is 0 Å². The van der Waals surface area contributed by atoms with Crippen LogP contribution >= 0.6 is 0 Å². The largest absolute Gasteiger partial charge is 0.313 e. The van der Waals surface area contributed by atoms with Gasteiger partial charge in [-0.3, -0.25) is 4.31 Å². The van der Waals surface area contributed by atoms with Crippen LogP contribution in [0.3, 0.4) is 0 Å². The number of rotatable bonds is 5. The molecule has 0 radical (unpaired) electrons. The summed E-state index contributed by atoms with van der Waals surface area (Å²) in [5.41, 5.74) is 1.81. The molecule has 1 atom stereocenters. The van der Waals surface area contributed by atoms with Crippen molar-refractivity contribution in [2.75, 3.05) is 24.4 Å². The maximum Gasteiger partial charge on any atom is 0.301 e. The smallest absolute Gasteiger partial charge is 0.301 e. The summed E-state index contributed by atoms with van der Waals surface area (Å²) in [6.45, 7) is 4.93. The molecule has 112 valence electrons. The maximum atomic E-state index is 12.4. The molecule has 20 heavy (non-hydrogen) atoms. The summed E-state index contributed by atoms with van der Waals surface area (Å²) in [6, 6.07) is 7.89. The molecule has 5 nitrogen and oxygen atoms in total. The number of fused-ring (bicyclic) bond motifs is 1. The molecule has 2 rings (SSSR count). The molecule has 0 saturated heterocycles. The SMILES string of the molecule is CNC1CCN(S(=O)(=O)NCC(C)C)c2ccccc21. The molecule has 1 aliphatic heterocycles. The quantitative estimate of drug-likeness (QED) is 0.868. The molecule has 6 heteroatoms. The predicted molar refractivity (Wildman–Crippen MR) is 82.0 cm³/mol. The Balaban J connectivity index is 2.30. The van der Waals surface area contributed by atoms with E-state index in [1.165, 1.54) is 4.31 Å². The Morgan fingerprint density at radius 1 is 1.35 bits per heavy atom. The second-order valence-corrected chi connectivity index (χ2v) is 7.19. The Labute approximate surface area is 121 Å². The van der Waals surface area contributed by atoms with Crippen molar-refractivity contribution in [3.05, 3.63) is 29.8 Å². The van der Waals surface area contributed by atoms with Gasteiger partial charge in [0.25, 0.3) is 0 Å². The van der Waals surface area contributed by atoms with Crippen molar-refractivity contribution in [1.82, 2.24) is 10.0 Å². The van der Waals surface area contributed by atoms with Crippen molar-refractivity contribution in [3.63, 3.8) is 0 Å². The Kier molecular flexibility index (Phi) is 4.67. The topological polar surface area (TPSA) is 61.4 Å². The van der Waals surface area contributed by atoms with Crippen LogP contribution in [0.2, 0.25) is 0 Å². The summed E-state index contributed by atoms with van der Waals surface area (Å²) in [5, 5.41) is 3.24. The highest BCUT2D eigenvalue weighted by molar-refractivity contribution is 7.90. The average Bonchev–Trinajstić information content (AvgIpc) is 2.44. The van der Waals surface area contributed by atoms with Crippen molar-refractivity contribution in [2.24, 2.45) is 5.92 Å². The minimum Gasteiger partial charge on any atom is -0.313 e. The lowest BCUT2D eigenvalue weighted by molar-refractivity contribution is 0.519. The molecule has 1 aromatic rings. The summed E-state index contributed by atoms with van der Waals surface area (Å²) in [5.74, 6) is 0.287. The van der Waals surface area contributed by atoms with Crippen LogP contribution in [0, 0.1) is 5.92 Å². The molecule has 0 spiro atoms. The fourth-order valence-corrected chi connectivity index (χ4v) is 3.90. The molecule has 0 aromatic heterocycles. The second kappa shape index (κ2) is 6.11. The summed E-state index contributed by atoms with van der Waals surface area (Å²) in [6.07, 6.45) is 0.774. The van der Waals surface area contributed by atoms with Gasteiger partial charge in [0, 0.05) is 19.1 Å². The van der Waals surface area contributed by atoms with Crippen LogP contribution in [0.5, 0.6) is 0 Å². The van der Waals surface area contributed by atoms with Crippen molar-refractivity contribution in [2.45, 2.75) is 26.3 Å². The lowest BCUT2D eigenvalue weighted by atomic mass is 9.98. The molecule has 0 bridgehead atoms. The number of hydrogen-bond acceptors (Lipinski definition) is 3. The zero-order valence-corrected chi connectivity index (χ0v) is 13.1. The van der Waals surface area contributed by atoms with Gasteiger partial charge < -0.3 is 5.32 Å². The van der Waals surface area contributed by atoms with Gasteiger partial charge in [-0.15, -0.1) is 0 Å². The van der Waals surface area contributed by atoms with Gasteiger partial charge in [0.15, 0.2) is 0 Å². The monoisotopic (exact) mass is 297 g/mol. The Hall–Kier alpha value is -1.11. The summed E-state index contributed by atoms with van der Waals surface area (Å²) in [4.78, 5) is 0. The van der Waals surface area contributed by atoms with E-state index in [0.717, 1.165) is 17.7 Å². The van der Waals surface area contributed by atoms with Gasteiger partial charge in [0.1, 0.15) is 0 Å². The zero-order valence-electron chi connectivity index (χ0n) is 12.3. The van der Waals surface area contributed by atoms with E-state index >= 15 is 0 Å². The summed E-state index contributed by atoms with van der Waals surface area (Å²) < 4.78 is 29.0. The third-order valence-electron chi connectivity index (χ3n) is 3.51. The average molecular weight is 297 g/mol. The molecule has 0 fully saturated rings. The Morgan fingerprint density at radius 3 is 2.70 bits per heavy atom. The van der Waals surface area contributed by atoms with Crippen molar-refractivity contribution in [3.8, 4) is 0 Å². The predicted octanol–water partition coefficient (Wildman–Crippen LogP) is 1.65. The van der Waals surface area contributed by atoms with E-state index in [1.54, 1.807) is 0 Å². The highest BCUT2D eigenvalue weighted by Gasteiger charge is 2.30. The molecule has 1 heterocycles. The number of hydrogen-bond donors (Lipinski definition) is 2. The maximum absolute atomic E-state index is 12.4. The van der Waals surface area contributed by atoms with Crippen LogP contribution in [-0.2, 0) is 10.2 Å². The number of nitrogens with zero attached hydrogens (tertiary/aromatic N) is 1. The van der Waals surface area contributed by atoms with Crippen molar-refractivity contribution < 1.29 is 8.42 Å². The first-order chi connectivity index (χ1) is 9.45. The van der Waals surface area contributed by atoms with Crippen LogP contribution in [0.15, 0.2) is 24.3 Å². The lowest BCUT2D eigenvalue weighted by Crippen LogP contribution is -2.46. The van der Waals surface area contributed by atoms with Gasteiger partial charge in [-0.1, -0.05) is 32.0 Å². The highest BCUT2D eigenvalue weighted by atomic mass is 32.2. The lowest BCUT2D eigenvalue weighted by Gasteiger charge is -2.34. The van der Waals surface area contributed by atoms with Gasteiger partial charge >= 0.3 is 10.2 Å². The first kappa shape index (κ1) is 15.3. The van der Waals surface area contributed by atoms with Crippen molar-refractivity contribution in [1.29, 1.82) is 0 Å². The van der Waals surface area contributed by atoms with Gasteiger partial charge in [-0.05, 0) is 31.0 Å². The molecule has 1 aromatic carbocycles. The van der Waals surface area contributed by atoms with E-state index in [4.69, 9.17) is 0 Å². The first-order valence-electron chi connectivity index (χ1n) is 6.99. The Morgan fingerprint density at radius 2 is 2.05 bits per heavy atom. The normalized spacial score (nSPS) is 19.2. The molecular weight excluding hydrogens is 274 g/mol. The van der Waals surface area contributed by atoms with E-state index < -0.39 is 10.2 Å². The number of nitrogens with one attached hydrogen (secondary N) is 2. The molecule has 1 unspecified atom stereocenters. The minimum atomic E-state index is -3.47. The number of benzene rings is 1. The highest BCUT2D eigenvalue weighted by Crippen LogP contribution is 2.34. The molecule has 0 amide bonds. The van der Waals surface area contributed by atoms with E-state index in [1.807, 2.05) is 45.2 Å². The van der Waals surface area contributed by atoms with E-state index in [0.29, 0.717) is 13.1 Å². The number of para-hydroxylation sites is 1. The van der Waals surface area contributed by atoms with Gasteiger partial charge in [-0.25, -0.2) is 0 Å². The van der Waals surface area contributed by atoms with Crippen LogP contribution < -0.4 is 14.3 Å². The molecule has 0 saturated carbocycles. The summed E-state index contributed by atoms with van der Waals surface area (Å²) in [7, 11) is -1.56. The first-order valence-corrected chi connectivity index (χ1v) is 8.43. The molecule has 2 N–H and O–H groups in total. The zero-order chi connectivity index (χ0) is 14.8. The molecule has 1 aliphatic rings. The third kappa shape index (κ3) is 3.13. The van der Waals surface area contributed by atoms with Crippen molar-refractivity contribution >= 4 is 15.9 Å². The van der Waals surface area contributed by atoms with Crippen LogP contribution in [0.4, 0.5) is 5.69 Å². The standard InChI is InChI=1S/C14H23N3O2S/c1-11(2)10-16-20(18,19)17-9-8-13(15-3)12-6-4-5-7-14(12)17/h4-7,11,13,15-16H,8-10H2,1-3H3. The van der Waals surface area contributed by atoms with E-state index in [2.05, 4.69) is 10.0 Å². The Bertz CT molecular complexity index is 557. The summed E-state index contributed by atoms with van der Waals surface area (Å²) >= 11 is 0. The third-order valence-corrected chi connectivity index (χ3v) is 5.01. The molecule has 0 aliphatic carbocycles. The molecular formula is C14H23N3O2S. The fourth-order valence-electron chi connectivity index (χ4n) is 2.43. The van der Waals surface area contributed by atoms with Gasteiger partial charge in [0.05, 0.1) is 5.69 Å². The van der Waals surface area contributed by atoms with E-state index in [-0.39, 0.29) is 12.0 Å². The van der Waals surface area contributed by atoms with Gasteiger partial charge in [-0.2, -0.15) is 13.1 Å². The van der Waals surface area contributed by atoms with E-state index in [9.17, 15) is 8.42 Å². The minimum absolute atomic E-state index is 0.211.